The van der Waals surface area contributed by atoms with Crippen LogP contribution >= 0.6 is 0 Å². The first-order valence-corrected chi connectivity index (χ1v) is 4.56. The lowest BCUT2D eigenvalue weighted by Gasteiger charge is -2.02. The molecule has 0 aliphatic heterocycles. The average Bonchev–Trinajstić information content (AvgIpc) is 2.15. The molecule has 2 nitrogen and oxygen atoms in total. The maximum atomic E-state index is 10.1. The Labute approximate surface area is 85.7 Å². The van der Waals surface area contributed by atoms with Crippen LogP contribution in [0.25, 0.3) is 0 Å². The predicted octanol–water partition coefficient (Wildman–Crippen LogP) is 2.71. The van der Waals surface area contributed by atoms with Crippen molar-refractivity contribution in [3.05, 3.63) is 48.7 Å². The molecule has 0 unspecified atom stereocenters. The molecule has 0 aliphatic rings. The van der Waals surface area contributed by atoms with Crippen molar-refractivity contribution >= 4 is 6.41 Å². The second-order valence-corrected chi connectivity index (χ2v) is 3.00. The van der Waals surface area contributed by atoms with Crippen molar-refractivity contribution in [1.82, 2.24) is 5.32 Å². The van der Waals surface area contributed by atoms with E-state index in [-0.39, 0.29) is 0 Å². The molecule has 0 heterocycles. The van der Waals surface area contributed by atoms with Crippen LogP contribution in [0.3, 0.4) is 0 Å². The molecule has 0 aromatic heterocycles. The van der Waals surface area contributed by atoms with Gasteiger partial charge in [0.05, 0.1) is 0 Å². The number of hydrogen-bond donors (Lipinski definition) is 1. The van der Waals surface area contributed by atoms with Gasteiger partial charge in [0.1, 0.15) is 0 Å². The van der Waals surface area contributed by atoms with Crippen LogP contribution < -0.4 is 5.32 Å². The van der Waals surface area contributed by atoms with Gasteiger partial charge in [0.2, 0.25) is 6.41 Å². The SMILES string of the molecule is C=C(/C=C\C(=C)C(=C)CCC)NC=O. The van der Waals surface area contributed by atoms with Gasteiger partial charge < -0.3 is 5.32 Å². The molecule has 0 aromatic carbocycles. The maximum absolute atomic E-state index is 10.1. The number of allylic oxidation sites excluding steroid dienone is 4. The highest BCUT2D eigenvalue weighted by molar-refractivity contribution is 5.52. The van der Waals surface area contributed by atoms with Gasteiger partial charge in [-0.25, -0.2) is 0 Å². The van der Waals surface area contributed by atoms with Crippen LogP contribution in [0.1, 0.15) is 19.8 Å². The minimum Gasteiger partial charge on any atom is -0.329 e. The van der Waals surface area contributed by atoms with E-state index in [1.807, 2.05) is 0 Å². The Morgan fingerprint density at radius 1 is 1.29 bits per heavy atom. The summed E-state index contributed by atoms with van der Waals surface area (Å²) in [5.74, 6) is 0. The Balaban J connectivity index is 4.10. The molecule has 0 saturated carbocycles. The minimum atomic E-state index is 0.547. The summed E-state index contributed by atoms with van der Waals surface area (Å²) in [6, 6.07) is 0. The van der Waals surface area contributed by atoms with E-state index in [2.05, 4.69) is 32.0 Å². The van der Waals surface area contributed by atoms with Gasteiger partial charge in [-0.05, 0) is 23.6 Å². The summed E-state index contributed by atoms with van der Waals surface area (Å²) in [5, 5.41) is 2.44. The first-order valence-electron chi connectivity index (χ1n) is 4.56. The molecule has 76 valence electrons. The number of carbonyl (C=O) groups is 1. The Kier molecular flexibility index (Phi) is 6.12. The summed E-state index contributed by atoms with van der Waals surface area (Å²) in [4.78, 5) is 10.1. The molecule has 1 amide bonds. The third-order valence-electron chi connectivity index (χ3n) is 1.74. The summed E-state index contributed by atoms with van der Waals surface area (Å²) >= 11 is 0. The fourth-order valence-electron chi connectivity index (χ4n) is 0.905. The quantitative estimate of drug-likeness (QED) is 0.486. The standard InChI is InChI=1S/C12H17NO/c1-5-6-10(2)11(3)7-8-12(4)13-9-14/h7-9H,2-6H2,1H3,(H,13,14)/b8-7-. The third-order valence-corrected chi connectivity index (χ3v) is 1.74. The fourth-order valence-corrected chi connectivity index (χ4v) is 0.905. The predicted molar refractivity (Wildman–Crippen MR) is 60.7 cm³/mol. The summed E-state index contributed by atoms with van der Waals surface area (Å²) in [6.45, 7) is 13.5. The molecule has 0 aliphatic carbocycles. The highest BCUT2D eigenvalue weighted by Crippen LogP contribution is 2.13. The van der Waals surface area contributed by atoms with Crippen LogP contribution in [-0.4, -0.2) is 6.41 Å². The molecular weight excluding hydrogens is 174 g/mol. The van der Waals surface area contributed by atoms with Gasteiger partial charge in [-0.3, -0.25) is 4.79 Å². The van der Waals surface area contributed by atoms with Crippen LogP contribution in [0.5, 0.6) is 0 Å². The zero-order chi connectivity index (χ0) is 11.0. The Bertz CT molecular complexity index is 274. The van der Waals surface area contributed by atoms with Gasteiger partial charge in [0.25, 0.3) is 0 Å². The number of nitrogens with one attached hydrogen (secondary N) is 1. The number of hydrogen-bond acceptors (Lipinski definition) is 1. The second-order valence-electron chi connectivity index (χ2n) is 3.00. The molecule has 14 heavy (non-hydrogen) atoms. The maximum Gasteiger partial charge on any atom is 0.211 e. The van der Waals surface area contributed by atoms with Crippen LogP contribution in [0.15, 0.2) is 48.7 Å². The molecule has 0 spiro atoms. The third kappa shape index (κ3) is 5.14. The highest BCUT2D eigenvalue weighted by atomic mass is 16.1. The van der Waals surface area contributed by atoms with Gasteiger partial charge in [-0.15, -0.1) is 0 Å². The Morgan fingerprint density at radius 2 is 1.93 bits per heavy atom. The normalized spacial score (nSPS) is 9.79. The van der Waals surface area contributed by atoms with Gasteiger partial charge in [-0.1, -0.05) is 39.2 Å². The molecular formula is C12H17NO. The van der Waals surface area contributed by atoms with E-state index in [1.165, 1.54) is 0 Å². The molecule has 1 N–H and O–H groups in total. The lowest BCUT2D eigenvalue weighted by molar-refractivity contribution is -0.108. The zero-order valence-electron chi connectivity index (χ0n) is 8.68. The van der Waals surface area contributed by atoms with Crippen LogP contribution in [-0.2, 0) is 4.79 Å². The summed E-state index contributed by atoms with van der Waals surface area (Å²) in [6.07, 6.45) is 6.10. The summed E-state index contributed by atoms with van der Waals surface area (Å²) in [5.41, 5.74) is 2.44. The van der Waals surface area contributed by atoms with Gasteiger partial charge in [0.15, 0.2) is 0 Å². The topological polar surface area (TPSA) is 29.1 Å². The lowest BCUT2D eigenvalue weighted by atomic mass is 10.0. The summed E-state index contributed by atoms with van der Waals surface area (Å²) in [7, 11) is 0. The highest BCUT2D eigenvalue weighted by Gasteiger charge is 1.94. The molecule has 0 rings (SSSR count). The van der Waals surface area contributed by atoms with Crippen molar-refractivity contribution in [2.24, 2.45) is 0 Å². The van der Waals surface area contributed by atoms with Crippen molar-refractivity contribution in [3.8, 4) is 0 Å². The van der Waals surface area contributed by atoms with E-state index in [4.69, 9.17) is 0 Å². The number of rotatable bonds is 7. The zero-order valence-corrected chi connectivity index (χ0v) is 8.68. The van der Waals surface area contributed by atoms with E-state index in [0.29, 0.717) is 12.1 Å². The minimum absolute atomic E-state index is 0.547. The molecule has 0 radical (unpaired) electrons. The smallest absolute Gasteiger partial charge is 0.211 e. The van der Waals surface area contributed by atoms with E-state index in [0.717, 1.165) is 24.0 Å². The lowest BCUT2D eigenvalue weighted by Crippen LogP contribution is -2.06. The first-order chi connectivity index (χ1) is 6.61. The van der Waals surface area contributed by atoms with Crippen molar-refractivity contribution in [2.75, 3.05) is 0 Å². The van der Waals surface area contributed by atoms with Crippen molar-refractivity contribution in [3.63, 3.8) is 0 Å². The number of carbonyl (C=O) groups excluding carboxylic acids is 1. The van der Waals surface area contributed by atoms with Crippen molar-refractivity contribution < 1.29 is 4.79 Å². The molecule has 0 saturated heterocycles. The van der Waals surface area contributed by atoms with Gasteiger partial charge in [-0.2, -0.15) is 0 Å². The van der Waals surface area contributed by atoms with E-state index < -0.39 is 0 Å². The molecule has 0 aromatic rings. The molecule has 0 atom stereocenters. The average molecular weight is 191 g/mol. The Morgan fingerprint density at radius 3 is 2.43 bits per heavy atom. The van der Waals surface area contributed by atoms with Gasteiger partial charge in [0, 0.05) is 5.70 Å². The van der Waals surface area contributed by atoms with E-state index >= 15 is 0 Å². The monoisotopic (exact) mass is 191 g/mol. The van der Waals surface area contributed by atoms with Gasteiger partial charge >= 0.3 is 0 Å². The van der Waals surface area contributed by atoms with Crippen LogP contribution in [0.4, 0.5) is 0 Å². The summed E-state index contributed by atoms with van der Waals surface area (Å²) < 4.78 is 0. The second kappa shape index (κ2) is 6.89. The van der Waals surface area contributed by atoms with Crippen LogP contribution in [0.2, 0.25) is 0 Å². The van der Waals surface area contributed by atoms with E-state index in [9.17, 15) is 4.79 Å². The Hall–Kier alpha value is -1.57. The fraction of sp³-hybridized carbons (Fsp3) is 0.250. The first kappa shape index (κ1) is 12.4. The molecule has 0 bridgehead atoms. The number of amides is 1. The largest absolute Gasteiger partial charge is 0.329 e. The van der Waals surface area contributed by atoms with Crippen LogP contribution in [0, 0.1) is 0 Å². The van der Waals surface area contributed by atoms with E-state index in [1.54, 1.807) is 12.2 Å². The van der Waals surface area contributed by atoms with Crippen molar-refractivity contribution in [2.45, 2.75) is 19.8 Å². The molecule has 0 fully saturated rings. The van der Waals surface area contributed by atoms with Crippen molar-refractivity contribution in [1.29, 1.82) is 0 Å². The molecule has 2 heteroatoms.